The number of hydrogen-bond donors (Lipinski definition) is 1. The molecule has 0 aliphatic heterocycles. The number of fused-ring (bicyclic) bond motifs is 1. The van der Waals surface area contributed by atoms with Crippen LogP contribution in [0.15, 0.2) is 35.1 Å². The van der Waals surface area contributed by atoms with Gasteiger partial charge in [0.05, 0.1) is 16.5 Å². The van der Waals surface area contributed by atoms with Crippen molar-refractivity contribution < 1.29 is 8.78 Å². The highest BCUT2D eigenvalue weighted by Crippen LogP contribution is 2.27. The summed E-state index contributed by atoms with van der Waals surface area (Å²) in [6.07, 6.45) is 0. The van der Waals surface area contributed by atoms with Crippen molar-refractivity contribution in [2.24, 2.45) is 12.8 Å². The largest absolute Gasteiger partial charge is 0.324 e. The molecule has 1 aromatic heterocycles. The smallest absolute Gasteiger partial charge is 0.261 e. The van der Waals surface area contributed by atoms with E-state index in [-0.39, 0.29) is 23.0 Å². The van der Waals surface area contributed by atoms with E-state index >= 15 is 0 Å². The van der Waals surface area contributed by atoms with E-state index in [2.05, 4.69) is 4.98 Å². The second-order valence-electron chi connectivity index (χ2n) is 5.94. The summed E-state index contributed by atoms with van der Waals surface area (Å²) in [5.41, 5.74) is 7.21. The molecule has 1 atom stereocenters. The van der Waals surface area contributed by atoms with Crippen LogP contribution >= 0.6 is 0 Å². The summed E-state index contributed by atoms with van der Waals surface area (Å²) in [4.78, 5) is 17.1. The fraction of sp³-hybridized carbons (Fsp3) is 0.222. The molecule has 0 amide bonds. The second-order valence-corrected chi connectivity index (χ2v) is 5.94. The molecule has 4 nitrogen and oxygen atoms in total. The quantitative estimate of drug-likeness (QED) is 0.785. The van der Waals surface area contributed by atoms with Gasteiger partial charge in [0.2, 0.25) is 0 Å². The first-order valence-electron chi connectivity index (χ1n) is 7.52. The molecule has 0 bridgehead atoms. The van der Waals surface area contributed by atoms with Gasteiger partial charge in [-0.05, 0) is 43.2 Å². The number of aryl methyl sites for hydroxylation is 1. The lowest BCUT2D eigenvalue weighted by Crippen LogP contribution is -2.22. The molecule has 0 radical (unpaired) electrons. The molecule has 3 rings (SSSR count). The zero-order chi connectivity index (χ0) is 17.6. The van der Waals surface area contributed by atoms with Crippen molar-refractivity contribution in [3.05, 3.63) is 63.4 Å². The molecule has 0 fully saturated rings. The SMILES string of the molecule is Cc1cc([C@@H](C)N)c2nc(-c3c(F)cccc3F)n(C)c(=O)c2c1. The fourth-order valence-corrected chi connectivity index (χ4v) is 2.83. The van der Waals surface area contributed by atoms with Gasteiger partial charge in [0.15, 0.2) is 0 Å². The van der Waals surface area contributed by atoms with Crippen LogP contribution < -0.4 is 11.3 Å². The maximum Gasteiger partial charge on any atom is 0.261 e. The van der Waals surface area contributed by atoms with E-state index in [9.17, 15) is 13.6 Å². The van der Waals surface area contributed by atoms with Gasteiger partial charge in [-0.3, -0.25) is 9.36 Å². The number of halogens is 2. The van der Waals surface area contributed by atoms with E-state index in [1.807, 2.05) is 13.0 Å². The Morgan fingerprint density at radius 3 is 2.42 bits per heavy atom. The van der Waals surface area contributed by atoms with Crippen LogP contribution in [0.1, 0.15) is 24.1 Å². The minimum absolute atomic E-state index is 0.0612. The lowest BCUT2D eigenvalue weighted by Gasteiger charge is -2.15. The van der Waals surface area contributed by atoms with Crippen LogP contribution in [0.3, 0.4) is 0 Å². The van der Waals surface area contributed by atoms with Crippen LogP contribution in [0.4, 0.5) is 8.78 Å². The first-order chi connectivity index (χ1) is 11.3. The van der Waals surface area contributed by atoms with Gasteiger partial charge in [-0.25, -0.2) is 13.8 Å². The molecule has 1 heterocycles. The van der Waals surface area contributed by atoms with E-state index < -0.39 is 11.6 Å². The molecule has 24 heavy (non-hydrogen) atoms. The molecule has 0 spiro atoms. The first-order valence-corrected chi connectivity index (χ1v) is 7.52. The Kier molecular flexibility index (Phi) is 3.93. The van der Waals surface area contributed by atoms with Crippen molar-refractivity contribution in [2.45, 2.75) is 19.9 Å². The third kappa shape index (κ3) is 2.49. The van der Waals surface area contributed by atoms with Gasteiger partial charge in [-0.2, -0.15) is 0 Å². The number of nitrogens with two attached hydrogens (primary N) is 1. The summed E-state index contributed by atoms with van der Waals surface area (Å²) >= 11 is 0. The van der Waals surface area contributed by atoms with Crippen molar-refractivity contribution in [2.75, 3.05) is 0 Å². The molecule has 3 aromatic rings. The molecule has 0 unspecified atom stereocenters. The molecule has 0 saturated heterocycles. The maximum absolute atomic E-state index is 14.2. The number of rotatable bonds is 2. The highest BCUT2D eigenvalue weighted by atomic mass is 19.1. The van der Waals surface area contributed by atoms with Crippen LogP contribution in [0, 0.1) is 18.6 Å². The third-order valence-corrected chi connectivity index (χ3v) is 4.03. The normalized spacial score (nSPS) is 12.6. The Bertz CT molecular complexity index is 989. The van der Waals surface area contributed by atoms with Crippen LogP contribution in [0.25, 0.3) is 22.3 Å². The summed E-state index contributed by atoms with van der Waals surface area (Å²) in [6, 6.07) is 6.71. The molecular weight excluding hydrogens is 312 g/mol. The monoisotopic (exact) mass is 329 g/mol. The van der Waals surface area contributed by atoms with Crippen LogP contribution in [0.5, 0.6) is 0 Å². The summed E-state index contributed by atoms with van der Waals surface area (Å²) in [7, 11) is 1.45. The van der Waals surface area contributed by atoms with Gasteiger partial charge in [0.1, 0.15) is 17.5 Å². The lowest BCUT2D eigenvalue weighted by molar-refractivity contribution is 0.585. The molecule has 0 aliphatic rings. The molecule has 0 saturated carbocycles. The summed E-state index contributed by atoms with van der Waals surface area (Å²) in [5.74, 6) is -1.61. The fourth-order valence-electron chi connectivity index (χ4n) is 2.83. The predicted octanol–water partition coefficient (Wildman–Crippen LogP) is 3.21. The van der Waals surface area contributed by atoms with Crippen molar-refractivity contribution in [1.82, 2.24) is 9.55 Å². The maximum atomic E-state index is 14.2. The van der Waals surface area contributed by atoms with Gasteiger partial charge in [0, 0.05) is 13.1 Å². The topological polar surface area (TPSA) is 60.9 Å². The third-order valence-electron chi connectivity index (χ3n) is 4.03. The van der Waals surface area contributed by atoms with Gasteiger partial charge < -0.3 is 5.73 Å². The zero-order valence-corrected chi connectivity index (χ0v) is 13.6. The molecule has 6 heteroatoms. The first kappa shape index (κ1) is 16.3. The highest BCUT2D eigenvalue weighted by molar-refractivity contribution is 5.84. The Hall–Kier alpha value is -2.60. The van der Waals surface area contributed by atoms with Gasteiger partial charge in [0.25, 0.3) is 5.56 Å². The van der Waals surface area contributed by atoms with Crippen molar-refractivity contribution >= 4 is 10.9 Å². The van der Waals surface area contributed by atoms with Gasteiger partial charge >= 0.3 is 0 Å². The molecular formula is C18H17F2N3O. The molecule has 2 aromatic carbocycles. The zero-order valence-electron chi connectivity index (χ0n) is 13.6. The number of nitrogens with zero attached hydrogens (tertiary/aromatic N) is 2. The summed E-state index contributed by atoms with van der Waals surface area (Å²) < 4.78 is 29.5. The number of benzene rings is 2. The highest BCUT2D eigenvalue weighted by Gasteiger charge is 2.20. The van der Waals surface area contributed by atoms with Crippen molar-refractivity contribution in [3.63, 3.8) is 0 Å². The van der Waals surface area contributed by atoms with E-state index in [1.54, 1.807) is 13.0 Å². The van der Waals surface area contributed by atoms with Gasteiger partial charge in [-0.15, -0.1) is 0 Å². The Labute approximate surface area is 137 Å². The van der Waals surface area contributed by atoms with E-state index in [0.29, 0.717) is 16.5 Å². The molecule has 0 aliphatic carbocycles. The standard InChI is InChI=1S/C18H17F2N3O/c1-9-7-11(10(2)21)16-12(8-9)18(24)23(3)17(22-16)15-13(19)5-4-6-14(15)20/h4-8,10H,21H2,1-3H3/t10-/m1/s1. The van der Waals surface area contributed by atoms with E-state index in [4.69, 9.17) is 5.73 Å². The predicted molar refractivity (Wildman–Crippen MR) is 89.7 cm³/mol. The minimum Gasteiger partial charge on any atom is -0.324 e. The molecule has 2 N–H and O–H groups in total. The minimum atomic E-state index is -0.772. The van der Waals surface area contributed by atoms with Crippen LogP contribution in [-0.4, -0.2) is 9.55 Å². The summed E-state index contributed by atoms with van der Waals surface area (Å²) in [5, 5.41) is 0.380. The van der Waals surface area contributed by atoms with Crippen LogP contribution in [0.2, 0.25) is 0 Å². The van der Waals surface area contributed by atoms with E-state index in [0.717, 1.165) is 22.3 Å². The molecule has 124 valence electrons. The van der Waals surface area contributed by atoms with E-state index in [1.165, 1.54) is 13.1 Å². The second kappa shape index (κ2) is 5.79. The Morgan fingerprint density at radius 2 is 1.83 bits per heavy atom. The van der Waals surface area contributed by atoms with Crippen LogP contribution in [-0.2, 0) is 7.05 Å². The summed E-state index contributed by atoms with van der Waals surface area (Å²) in [6.45, 7) is 3.63. The van der Waals surface area contributed by atoms with Crippen molar-refractivity contribution in [3.8, 4) is 11.4 Å². The Morgan fingerprint density at radius 1 is 1.21 bits per heavy atom. The van der Waals surface area contributed by atoms with Crippen molar-refractivity contribution in [1.29, 1.82) is 0 Å². The average molecular weight is 329 g/mol. The average Bonchev–Trinajstić information content (AvgIpc) is 2.51. The Balaban J connectivity index is 2.48. The number of aromatic nitrogens is 2. The number of hydrogen-bond acceptors (Lipinski definition) is 3. The lowest BCUT2D eigenvalue weighted by atomic mass is 10.0. The van der Waals surface area contributed by atoms with Gasteiger partial charge in [-0.1, -0.05) is 12.1 Å².